The molecule has 100 valence electrons. The first kappa shape index (κ1) is 14.6. The molecule has 0 radical (unpaired) electrons. The van der Waals surface area contributed by atoms with Crippen molar-refractivity contribution < 1.29 is 4.39 Å². The molecule has 2 rings (SSSR count). The molecule has 1 unspecified atom stereocenters. The van der Waals surface area contributed by atoms with E-state index in [0.29, 0.717) is 15.7 Å². The van der Waals surface area contributed by atoms with Gasteiger partial charge >= 0.3 is 0 Å². The van der Waals surface area contributed by atoms with E-state index in [1.807, 2.05) is 19.1 Å². The SMILES string of the molecule is CC(Nc1cc(F)ccc1Br)c1cccc(Cl)c1Cl. The number of benzene rings is 2. The van der Waals surface area contributed by atoms with Gasteiger partial charge in [0.2, 0.25) is 0 Å². The average molecular weight is 363 g/mol. The zero-order valence-corrected chi connectivity index (χ0v) is 13.2. The van der Waals surface area contributed by atoms with Crippen LogP contribution in [0.3, 0.4) is 0 Å². The van der Waals surface area contributed by atoms with Crippen molar-refractivity contribution in [3.63, 3.8) is 0 Å². The molecule has 19 heavy (non-hydrogen) atoms. The van der Waals surface area contributed by atoms with Crippen LogP contribution in [0.4, 0.5) is 10.1 Å². The maximum atomic E-state index is 13.2. The van der Waals surface area contributed by atoms with Crippen LogP contribution in [-0.4, -0.2) is 0 Å². The molecule has 0 spiro atoms. The van der Waals surface area contributed by atoms with Gasteiger partial charge in [-0.1, -0.05) is 35.3 Å². The fraction of sp³-hybridized carbons (Fsp3) is 0.143. The normalized spacial score (nSPS) is 12.3. The summed E-state index contributed by atoms with van der Waals surface area (Å²) in [5.41, 5.74) is 1.54. The first-order valence-electron chi connectivity index (χ1n) is 5.64. The molecule has 2 aromatic carbocycles. The van der Waals surface area contributed by atoms with Gasteiger partial charge in [-0.05, 0) is 52.7 Å². The van der Waals surface area contributed by atoms with Crippen LogP contribution >= 0.6 is 39.1 Å². The topological polar surface area (TPSA) is 12.0 Å². The largest absolute Gasteiger partial charge is 0.377 e. The molecule has 1 atom stereocenters. The number of hydrogen-bond donors (Lipinski definition) is 1. The number of hydrogen-bond acceptors (Lipinski definition) is 1. The Bertz CT molecular complexity index is 604. The van der Waals surface area contributed by atoms with E-state index < -0.39 is 0 Å². The fourth-order valence-electron chi connectivity index (χ4n) is 1.77. The van der Waals surface area contributed by atoms with E-state index in [2.05, 4.69) is 21.2 Å². The first-order chi connectivity index (χ1) is 8.99. The molecule has 0 fully saturated rings. The second-order valence-corrected chi connectivity index (χ2v) is 5.77. The number of anilines is 1. The zero-order valence-electron chi connectivity index (χ0n) is 10.1. The van der Waals surface area contributed by atoms with E-state index in [0.717, 1.165) is 10.0 Å². The Morgan fingerprint density at radius 1 is 1.21 bits per heavy atom. The second-order valence-electron chi connectivity index (χ2n) is 4.13. The van der Waals surface area contributed by atoms with Crippen molar-refractivity contribution in [3.8, 4) is 0 Å². The summed E-state index contributed by atoms with van der Waals surface area (Å²) in [5.74, 6) is -0.296. The highest BCUT2D eigenvalue weighted by molar-refractivity contribution is 9.10. The molecule has 0 heterocycles. The van der Waals surface area contributed by atoms with Crippen LogP contribution in [0, 0.1) is 5.82 Å². The van der Waals surface area contributed by atoms with Crippen LogP contribution in [0.25, 0.3) is 0 Å². The van der Waals surface area contributed by atoms with Crippen molar-refractivity contribution in [2.75, 3.05) is 5.32 Å². The summed E-state index contributed by atoms with van der Waals surface area (Å²) in [6, 6.07) is 9.85. The van der Waals surface area contributed by atoms with Crippen molar-refractivity contribution in [2.45, 2.75) is 13.0 Å². The molecular formula is C14H11BrCl2FN. The molecule has 0 bridgehead atoms. The molecule has 0 aliphatic heterocycles. The predicted molar refractivity (Wildman–Crippen MR) is 82.6 cm³/mol. The van der Waals surface area contributed by atoms with Crippen molar-refractivity contribution in [3.05, 3.63) is 62.3 Å². The summed E-state index contributed by atoms with van der Waals surface area (Å²) < 4.78 is 14.0. The Kier molecular flexibility index (Phi) is 4.71. The summed E-state index contributed by atoms with van der Waals surface area (Å²) in [7, 11) is 0. The summed E-state index contributed by atoms with van der Waals surface area (Å²) in [6.07, 6.45) is 0. The van der Waals surface area contributed by atoms with E-state index in [-0.39, 0.29) is 11.9 Å². The van der Waals surface area contributed by atoms with Crippen LogP contribution < -0.4 is 5.32 Å². The molecular weight excluding hydrogens is 352 g/mol. The zero-order chi connectivity index (χ0) is 14.0. The first-order valence-corrected chi connectivity index (χ1v) is 7.19. The lowest BCUT2D eigenvalue weighted by Crippen LogP contribution is -2.08. The lowest BCUT2D eigenvalue weighted by Gasteiger charge is -2.18. The third kappa shape index (κ3) is 3.41. The quantitative estimate of drug-likeness (QED) is 0.698. The number of nitrogens with one attached hydrogen (secondary N) is 1. The van der Waals surface area contributed by atoms with Gasteiger partial charge in [0.1, 0.15) is 5.82 Å². The molecule has 0 amide bonds. The van der Waals surface area contributed by atoms with Crippen LogP contribution in [0.2, 0.25) is 10.0 Å². The third-order valence-electron chi connectivity index (χ3n) is 2.75. The van der Waals surface area contributed by atoms with Crippen molar-refractivity contribution in [1.29, 1.82) is 0 Å². The summed E-state index contributed by atoms with van der Waals surface area (Å²) in [4.78, 5) is 0. The van der Waals surface area contributed by atoms with E-state index in [4.69, 9.17) is 23.2 Å². The average Bonchev–Trinajstić information content (AvgIpc) is 2.37. The van der Waals surface area contributed by atoms with E-state index >= 15 is 0 Å². The number of rotatable bonds is 3. The highest BCUT2D eigenvalue weighted by Gasteiger charge is 2.13. The molecule has 0 aliphatic carbocycles. The maximum absolute atomic E-state index is 13.2. The molecule has 0 saturated heterocycles. The minimum Gasteiger partial charge on any atom is -0.377 e. The van der Waals surface area contributed by atoms with E-state index in [9.17, 15) is 4.39 Å². The van der Waals surface area contributed by atoms with Gasteiger partial charge in [0.25, 0.3) is 0 Å². The Morgan fingerprint density at radius 3 is 2.68 bits per heavy atom. The minimum atomic E-state index is -0.296. The molecule has 0 saturated carbocycles. The lowest BCUT2D eigenvalue weighted by atomic mass is 10.1. The van der Waals surface area contributed by atoms with Gasteiger partial charge in [-0.25, -0.2) is 4.39 Å². The molecule has 1 N–H and O–H groups in total. The van der Waals surface area contributed by atoms with Gasteiger partial charge in [-0.3, -0.25) is 0 Å². The highest BCUT2D eigenvalue weighted by Crippen LogP contribution is 2.33. The van der Waals surface area contributed by atoms with Gasteiger partial charge in [0.05, 0.1) is 21.8 Å². The highest BCUT2D eigenvalue weighted by atomic mass is 79.9. The predicted octanol–water partition coefficient (Wildman–Crippen LogP) is 6.07. The van der Waals surface area contributed by atoms with Gasteiger partial charge in [-0.15, -0.1) is 0 Å². The van der Waals surface area contributed by atoms with E-state index in [1.165, 1.54) is 12.1 Å². The number of halogens is 4. The van der Waals surface area contributed by atoms with Gasteiger partial charge in [0.15, 0.2) is 0 Å². The summed E-state index contributed by atoms with van der Waals surface area (Å²) >= 11 is 15.5. The van der Waals surface area contributed by atoms with Gasteiger partial charge < -0.3 is 5.32 Å². The second kappa shape index (κ2) is 6.12. The van der Waals surface area contributed by atoms with E-state index in [1.54, 1.807) is 12.1 Å². The standard InChI is InChI=1S/C14H11BrCl2FN/c1-8(10-3-2-4-12(16)14(10)17)19-13-7-9(18)5-6-11(13)15/h2-8,19H,1H3. The third-order valence-corrected chi connectivity index (χ3v) is 4.27. The fourth-order valence-corrected chi connectivity index (χ4v) is 2.61. The van der Waals surface area contributed by atoms with Crippen molar-refractivity contribution >= 4 is 44.8 Å². The van der Waals surface area contributed by atoms with Crippen molar-refractivity contribution in [1.82, 2.24) is 0 Å². The molecule has 0 aromatic heterocycles. The smallest absolute Gasteiger partial charge is 0.125 e. The van der Waals surface area contributed by atoms with Gasteiger partial charge in [-0.2, -0.15) is 0 Å². The molecule has 2 aromatic rings. The van der Waals surface area contributed by atoms with Crippen LogP contribution in [-0.2, 0) is 0 Å². The molecule has 1 nitrogen and oxygen atoms in total. The Labute approximate surface area is 129 Å². The molecule has 5 heteroatoms. The minimum absolute atomic E-state index is 0.0932. The van der Waals surface area contributed by atoms with Crippen LogP contribution in [0.5, 0.6) is 0 Å². The van der Waals surface area contributed by atoms with Crippen molar-refractivity contribution in [2.24, 2.45) is 0 Å². The maximum Gasteiger partial charge on any atom is 0.125 e. The lowest BCUT2D eigenvalue weighted by molar-refractivity contribution is 0.627. The van der Waals surface area contributed by atoms with Crippen LogP contribution in [0.15, 0.2) is 40.9 Å². The van der Waals surface area contributed by atoms with Gasteiger partial charge in [0, 0.05) is 4.47 Å². The monoisotopic (exact) mass is 361 g/mol. The Balaban J connectivity index is 2.28. The Morgan fingerprint density at radius 2 is 1.95 bits per heavy atom. The summed E-state index contributed by atoms with van der Waals surface area (Å²) in [5, 5.41) is 4.22. The summed E-state index contributed by atoms with van der Waals surface area (Å²) in [6.45, 7) is 1.94. The molecule has 0 aliphatic rings. The van der Waals surface area contributed by atoms with Crippen LogP contribution in [0.1, 0.15) is 18.5 Å². The Hall–Kier alpha value is -0.770.